The monoisotopic (exact) mass is 555 g/mol. The van der Waals surface area contributed by atoms with E-state index in [4.69, 9.17) is 26.1 Å². The molecule has 0 bridgehead atoms. The van der Waals surface area contributed by atoms with Gasteiger partial charge in [-0.05, 0) is 67.1 Å². The molecule has 3 aromatic carbocycles. The Morgan fingerprint density at radius 3 is 2.69 bits per heavy atom. The quantitative estimate of drug-likeness (QED) is 0.225. The number of anilines is 1. The molecule has 0 saturated heterocycles. The molecule has 196 valence electrons. The third kappa shape index (κ3) is 5.98. The summed E-state index contributed by atoms with van der Waals surface area (Å²) in [5.74, 6) is 0.689. The van der Waals surface area contributed by atoms with Crippen molar-refractivity contribution in [3.8, 4) is 17.6 Å². The number of aliphatic imine (C=N–C) groups is 1. The van der Waals surface area contributed by atoms with Crippen LogP contribution in [0, 0.1) is 11.3 Å². The number of ether oxygens (including phenoxy) is 2. The standard InChI is InChI=1S/C31H26ClN3O3S/c1-37-26-16-20(15-25(32)29(26)38-19-22-10-6-5-9-21(22)17-33)18-34-31-28(24-13-7-8-14-27(24)39-31)30(36)35-23-11-3-2-4-12-23/h2-6,9-12,15-16,18H,7-8,13-14,19H2,1H3,(H,35,36)/b34-18+. The van der Waals surface area contributed by atoms with E-state index in [9.17, 15) is 10.1 Å². The van der Waals surface area contributed by atoms with E-state index in [1.807, 2.05) is 48.5 Å². The first kappa shape index (κ1) is 26.5. The molecule has 0 fully saturated rings. The van der Waals surface area contributed by atoms with Gasteiger partial charge in [-0.1, -0.05) is 48.0 Å². The van der Waals surface area contributed by atoms with Crippen LogP contribution in [0.25, 0.3) is 0 Å². The molecule has 1 aromatic heterocycles. The molecular weight excluding hydrogens is 530 g/mol. The van der Waals surface area contributed by atoms with Crippen LogP contribution in [-0.2, 0) is 19.4 Å². The zero-order valence-electron chi connectivity index (χ0n) is 21.4. The number of methoxy groups -OCH3 is 1. The summed E-state index contributed by atoms with van der Waals surface area (Å²) in [5, 5.41) is 13.4. The number of nitrogens with one attached hydrogen (secondary N) is 1. The van der Waals surface area contributed by atoms with Gasteiger partial charge in [-0.15, -0.1) is 11.3 Å². The van der Waals surface area contributed by atoms with Crippen LogP contribution in [0.2, 0.25) is 5.02 Å². The van der Waals surface area contributed by atoms with Crippen molar-refractivity contribution in [2.24, 2.45) is 4.99 Å². The van der Waals surface area contributed by atoms with Crippen LogP contribution in [0.4, 0.5) is 10.7 Å². The zero-order valence-corrected chi connectivity index (χ0v) is 22.9. The number of thiophene rings is 1. The highest BCUT2D eigenvalue weighted by molar-refractivity contribution is 7.16. The van der Waals surface area contributed by atoms with Gasteiger partial charge in [0.2, 0.25) is 0 Å². The second kappa shape index (κ2) is 12.2. The van der Waals surface area contributed by atoms with Crippen LogP contribution in [0.5, 0.6) is 11.5 Å². The van der Waals surface area contributed by atoms with Crippen LogP contribution in [0.3, 0.4) is 0 Å². The molecule has 8 heteroatoms. The summed E-state index contributed by atoms with van der Waals surface area (Å²) in [6.45, 7) is 0.174. The number of carbonyl (C=O) groups is 1. The minimum atomic E-state index is -0.148. The Kier molecular flexibility index (Phi) is 8.26. The number of benzene rings is 3. The first-order valence-electron chi connectivity index (χ1n) is 12.6. The highest BCUT2D eigenvalue weighted by atomic mass is 35.5. The number of hydrogen-bond acceptors (Lipinski definition) is 6. The van der Waals surface area contributed by atoms with Gasteiger partial charge in [-0.2, -0.15) is 5.26 Å². The topological polar surface area (TPSA) is 83.7 Å². The van der Waals surface area contributed by atoms with Gasteiger partial charge in [0.15, 0.2) is 11.5 Å². The molecule has 1 aliphatic rings. The van der Waals surface area contributed by atoms with E-state index in [2.05, 4.69) is 11.4 Å². The number of halogens is 1. The van der Waals surface area contributed by atoms with E-state index in [0.29, 0.717) is 38.2 Å². The predicted molar refractivity (Wildman–Crippen MR) is 156 cm³/mol. The third-order valence-electron chi connectivity index (χ3n) is 6.50. The Morgan fingerprint density at radius 1 is 1.13 bits per heavy atom. The SMILES string of the molecule is COc1cc(/C=N/c2sc3c(c2C(=O)Nc2ccccc2)CCCC3)cc(Cl)c1OCc1ccccc1C#N. The van der Waals surface area contributed by atoms with E-state index in [-0.39, 0.29) is 12.5 Å². The Morgan fingerprint density at radius 2 is 1.90 bits per heavy atom. The fourth-order valence-electron chi connectivity index (χ4n) is 4.58. The fourth-order valence-corrected chi connectivity index (χ4v) is 6.09. The number of hydrogen-bond donors (Lipinski definition) is 1. The molecule has 1 N–H and O–H groups in total. The van der Waals surface area contributed by atoms with Gasteiger partial charge in [0.1, 0.15) is 11.6 Å². The Hall–Kier alpha value is -4.12. The van der Waals surface area contributed by atoms with Crippen LogP contribution in [-0.4, -0.2) is 19.2 Å². The lowest BCUT2D eigenvalue weighted by molar-refractivity contribution is 0.102. The van der Waals surface area contributed by atoms with Crippen molar-refractivity contribution in [3.05, 3.63) is 104 Å². The van der Waals surface area contributed by atoms with Crippen molar-refractivity contribution in [3.63, 3.8) is 0 Å². The summed E-state index contributed by atoms with van der Waals surface area (Å²) in [6, 6.07) is 22.4. The van der Waals surface area contributed by atoms with Crippen LogP contribution >= 0.6 is 22.9 Å². The van der Waals surface area contributed by atoms with Crippen molar-refractivity contribution in [2.45, 2.75) is 32.3 Å². The lowest BCUT2D eigenvalue weighted by Crippen LogP contribution is -2.14. The van der Waals surface area contributed by atoms with Crippen molar-refractivity contribution < 1.29 is 14.3 Å². The Bertz CT molecular complexity index is 1570. The smallest absolute Gasteiger partial charge is 0.259 e. The molecule has 1 heterocycles. The van der Waals surface area contributed by atoms with Gasteiger partial charge in [0, 0.05) is 22.3 Å². The second-order valence-corrected chi connectivity index (χ2v) is 10.6. The normalized spacial score (nSPS) is 12.5. The minimum Gasteiger partial charge on any atom is -0.493 e. The van der Waals surface area contributed by atoms with Gasteiger partial charge in [-0.25, -0.2) is 4.99 Å². The maximum atomic E-state index is 13.4. The largest absolute Gasteiger partial charge is 0.493 e. The number of nitriles is 1. The van der Waals surface area contributed by atoms with E-state index >= 15 is 0 Å². The Balaban J connectivity index is 1.41. The fraction of sp³-hybridized carbons (Fsp3) is 0.194. The van der Waals surface area contributed by atoms with E-state index in [1.165, 1.54) is 4.88 Å². The first-order chi connectivity index (χ1) is 19.1. The van der Waals surface area contributed by atoms with Gasteiger partial charge < -0.3 is 14.8 Å². The molecule has 1 amide bonds. The molecule has 0 aliphatic heterocycles. The minimum absolute atomic E-state index is 0.148. The number of nitrogens with zero attached hydrogens (tertiary/aromatic N) is 2. The van der Waals surface area contributed by atoms with Crippen molar-refractivity contribution in [1.82, 2.24) is 0 Å². The number of fused-ring (bicyclic) bond motifs is 1. The van der Waals surface area contributed by atoms with E-state index < -0.39 is 0 Å². The number of para-hydroxylation sites is 1. The molecule has 4 aromatic rings. The van der Waals surface area contributed by atoms with Crippen molar-refractivity contribution in [2.75, 3.05) is 12.4 Å². The molecule has 0 atom stereocenters. The molecular formula is C31H26ClN3O3S. The van der Waals surface area contributed by atoms with Gasteiger partial charge >= 0.3 is 0 Å². The first-order valence-corrected chi connectivity index (χ1v) is 13.8. The molecule has 6 nitrogen and oxygen atoms in total. The van der Waals surface area contributed by atoms with Gasteiger partial charge in [0.05, 0.1) is 29.3 Å². The highest BCUT2D eigenvalue weighted by Gasteiger charge is 2.25. The molecule has 39 heavy (non-hydrogen) atoms. The van der Waals surface area contributed by atoms with Crippen molar-refractivity contribution >= 4 is 45.7 Å². The number of aryl methyl sites for hydroxylation is 1. The molecule has 0 radical (unpaired) electrons. The van der Waals surface area contributed by atoms with Crippen molar-refractivity contribution in [1.29, 1.82) is 5.26 Å². The predicted octanol–water partition coefficient (Wildman–Crippen LogP) is 7.74. The number of carbonyl (C=O) groups excluding carboxylic acids is 1. The Labute approximate surface area is 236 Å². The molecule has 5 rings (SSSR count). The summed E-state index contributed by atoms with van der Waals surface area (Å²) in [6.07, 6.45) is 5.70. The average Bonchev–Trinajstić information content (AvgIpc) is 3.34. The summed E-state index contributed by atoms with van der Waals surface area (Å²) in [7, 11) is 1.54. The highest BCUT2D eigenvalue weighted by Crippen LogP contribution is 2.41. The molecule has 0 spiro atoms. The van der Waals surface area contributed by atoms with Crippen LogP contribution in [0.1, 0.15) is 50.3 Å². The number of amides is 1. The molecule has 1 aliphatic carbocycles. The summed E-state index contributed by atoms with van der Waals surface area (Å²) in [4.78, 5) is 19.3. The zero-order chi connectivity index (χ0) is 27.2. The number of rotatable bonds is 8. The molecule has 0 unspecified atom stereocenters. The van der Waals surface area contributed by atoms with E-state index in [1.54, 1.807) is 42.9 Å². The maximum Gasteiger partial charge on any atom is 0.259 e. The third-order valence-corrected chi connectivity index (χ3v) is 7.98. The average molecular weight is 556 g/mol. The van der Waals surface area contributed by atoms with Gasteiger partial charge in [-0.3, -0.25) is 4.79 Å². The van der Waals surface area contributed by atoms with Crippen LogP contribution in [0.15, 0.2) is 71.7 Å². The lowest BCUT2D eigenvalue weighted by Gasteiger charge is -2.14. The summed E-state index contributed by atoms with van der Waals surface area (Å²) < 4.78 is 11.5. The lowest BCUT2D eigenvalue weighted by atomic mass is 9.95. The summed E-state index contributed by atoms with van der Waals surface area (Å²) >= 11 is 8.17. The summed E-state index contributed by atoms with van der Waals surface area (Å²) in [5.41, 5.74) is 4.50. The second-order valence-electron chi connectivity index (χ2n) is 9.06. The van der Waals surface area contributed by atoms with E-state index in [0.717, 1.165) is 42.5 Å². The molecule has 0 saturated carbocycles. The maximum absolute atomic E-state index is 13.4. The van der Waals surface area contributed by atoms with Crippen LogP contribution < -0.4 is 14.8 Å². The van der Waals surface area contributed by atoms with Gasteiger partial charge in [0.25, 0.3) is 5.91 Å².